The molecular weight excluding hydrogens is 259 g/mol. The molecule has 102 valence electrons. The molecule has 1 aliphatic rings. The van der Waals surface area contributed by atoms with Crippen molar-refractivity contribution in [3.63, 3.8) is 0 Å². The number of hydrogen-bond donors (Lipinski definition) is 2. The summed E-state index contributed by atoms with van der Waals surface area (Å²) >= 11 is 0. The van der Waals surface area contributed by atoms with Crippen molar-refractivity contribution in [3.8, 4) is 0 Å². The molecule has 10 heteroatoms. The van der Waals surface area contributed by atoms with E-state index in [1.165, 1.54) is 0 Å². The van der Waals surface area contributed by atoms with Gasteiger partial charge in [0.15, 0.2) is 17.4 Å². The first kappa shape index (κ1) is 13.3. The topological polar surface area (TPSA) is 139 Å². The number of ether oxygens (including phenoxy) is 1. The lowest BCUT2D eigenvalue weighted by Gasteiger charge is -2.21. The molecule has 2 heterocycles. The van der Waals surface area contributed by atoms with E-state index in [2.05, 4.69) is 15.0 Å². The number of aromatic nitrogens is 2. The van der Waals surface area contributed by atoms with E-state index in [1.807, 2.05) is 0 Å². The highest BCUT2D eigenvalue weighted by Crippen LogP contribution is 2.36. The zero-order valence-electron chi connectivity index (χ0n) is 9.73. The lowest BCUT2D eigenvalue weighted by molar-refractivity contribution is -0.0953. The third-order valence-electron chi connectivity index (χ3n) is 2.86. The van der Waals surface area contributed by atoms with E-state index in [0.29, 0.717) is 0 Å². The molecule has 19 heavy (non-hydrogen) atoms. The van der Waals surface area contributed by atoms with Gasteiger partial charge in [-0.1, -0.05) is 5.11 Å². The highest BCUT2D eigenvalue weighted by atomic mass is 19.1. The molecule has 0 unspecified atom stereocenters. The summed E-state index contributed by atoms with van der Waals surface area (Å²) in [6.07, 6.45) is 0.479. The average Bonchev–Trinajstić information content (AvgIpc) is 2.79. The number of hydrogen-bond acceptors (Lipinski definition) is 6. The van der Waals surface area contributed by atoms with Crippen molar-refractivity contribution in [2.75, 3.05) is 12.3 Å². The second-order valence-corrected chi connectivity index (χ2v) is 4.07. The standard InChI is InChI=1S/C9H11FN6O3/c10-5-3-16(8(18)13-7(5)11)6-1-2-9(4-17,19-6)14-15-12/h3,6,17H,1-2,4H2,(H2,11,13,18)/t6-,9+/m1/s1. The molecule has 0 amide bonds. The maximum atomic E-state index is 13.3. The molecule has 0 aromatic carbocycles. The van der Waals surface area contributed by atoms with Crippen molar-refractivity contribution >= 4 is 5.82 Å². The van der Waals surface area contributed by atoms with E-state index in [4.69, 9.17) is 16.0 Å². The summed E-state index contributed by atoms with van der Waals surface area (Å²) < 4.78 is 19.6. The molecule has 1 fully saturated rings. The smallest absolute Gasteiger partial charge is 0.351 e. The van der Waals surface area contributed by atoms with E-state index in [1.54, 1.807) is 0 Å². The van der Waals surface area contributed by atoms with Crippen LogP contribution in [0.1, 0.15) is 19.1 Å². The Hall–Kier alpha value is -2.16. The number of aliphatic hydroxyl groups excluding tert-OH is 1. The van der Waals surface area contributed by atoms with Gasteiger partial charge in [0.2, 0.25) is 0 Å². The number of anilines is 1. The van der Waals surface area contributed by atoms with Crippen LogP contribution >= 0.6 is 0 Å². The van der Waals surface area contributed by atoms with Gasteiger partial charge in [0.25, 0.3) is 0 Å². The molecular formula is C9H11FN6O3. The summed E-state index contributed by atoms with van der Waals surface area (Å²) in [5, 5.41) is 12.6. The van der Waals surface area contributed by atoms with Crippen molar-refractivity contribution in [2.45, 2.75) is 24.8 Å². The Bertz CT molecular complexity index is 598. The van der Waals surface area contributed by atoms with Crippen LogP contribution in [-0.4, -0.2) is 27.0 Å². The van der Waals surface area contributed by atoms with Gasteiger partial charge in [-0.25, -0.2) is 9.18 Å². The van der Waals surface area contributed by atoms with Crippen LogP contribution in [0.2, 0.25) is 0 Å². The Kier molecular flexibility index (Phi) is 3.38. The highest BCUT2D eigenvalue weighted by molar-refractivity contribution is 5.26. The summed E-state index contributed by atoms with van der Waals surface area (Å²) in [4.78, 5) is 17.5. The summed E-state index contributed by atoms with van der Waals surface area (Å²) in [6.45, 7) is -0.535. The Balaban J connectivity index is 2.33. The summed E-state index contributed by atoms with van der Waals surface area (Å²) in [5.74, 6) is -1.35. The van der Waals surface area contributed by atoms with Gasteiger partial charge in [0, 0.05) is 4.91 Å². The van der Waals surface area contributed by atoms with Crippen LogP contribution in [0.15, 0.2) is 16.1 Å². The van der Waals surface area contributed by atoms with E-state index in [-0.39, 0.29) is 12.8 Å². The Morgan fingerprint density at radius 1 is 1.84 bits per heavy atom. The van der Waals surface area contributed by atoms with Crippen molar-refractivity contribution in [1.29, 1.82) is 0 Å². The highest BCUT2D eigenvalue weighted by Gasteiger charge is 2.40. The van der Waals surface area contributed by atoms with Crippen LogP contribution in [0.25, 0.3) is 10.4 Å². The van der Waals surface area contributed by atoms with Crippen LogP contribution in [-0.2, 0) is 4.74 Å². The van der Waals surface area contributed by atoms with Crippen molar-refractivity contribution < 1.29 is 14.2 Å². The third-order valence-corrected chi connectivity index (χ3v) is 2.86. The number of nitrogen functional groups attached to an aromatic ring is 1. The normalized spacial score (nSPS) is 26.1. The van der Waals surface area contributed by atoms with Gasteiger partial charge in [-0.3, -0.25) is 4.57 Å². The number of halogens is 1. The van der Waals surface area contributed by atoms with Gasteiger partial charge < -0.3 is 15.6 Å². The van der Waals surface area contributed by atoms with Gasteiger partial charge in [-0.05, 0) is 18.4 Å². The molecule has 1 aliphatic heterocycles. The minimum Gasteiger partial charge on any atom is -0.393 e. The quantitative estimate of drug-likeness (QED) is 0.461. The van der Waals surface area contributed by atoms with Gasteiger partial charge in [0.1, 0.15) is 6.23 Å². The maximum Gasteiger partial charge on any atom is 0.351 e. The van der Waals surface area contributed by atoms with Crippen molar-refractivity contribution in [3.05, 3.63) is 32.9 Å². The minimum absolute atomic E-state index is 0.205. The fourth-order valence-electron chi connectivity index (χ4n) is 1.88. The summed E-state index contributed by atoms with van der Waals surface area (Å²) in [7, 11) is 0. The SMILES string of the molecule is [N-]=[N+]=N[C@@]1(CO)CC[C@H](n2cc(F)c(N)nc2=O)O1. The van der Waals surface area contributed by atoms with Crippen molar-refractivity contribution in [2.24, 2.45) is 5.11 Å². The fraction of sp³-hybridized carbons (Fsp3) is 0.556. The average molecular weight is 270 g/mol. The maximum absolute atomic E-state index is 13.3. The van der Waals surface area contributed by atoms with E-state index in [9.17, 15) is 14.3 Å². The molecule has 0 bridgehead atoms. The molecule has 0 aliphatic carbocycles. The van der Waals surface area contributed by atoms with Gasteiger partial charge in [-0.2, -0.15) is 4.98 Å². The molecule has 1 aromatic heterocycles. The van der Waals surface area contributed by atoms with Gasteiger partial charge in [-0.15, -0.1) is 0 Å². The number of aliphatic hydroxyl groups is 1. The largest absolute Gasteiger partial charge is 0.393 e. The Morgan fingerprint density at radius 2 is 2.58 bits per heavy atom. The molecule has 3 N–H and O–H groups in total. The number of rotatable bonds is 3. The fourth-order valence-corrected chi connectivity index (χ4v) is 1.88. The minimum atomic E-state index is -1.43. The van der Waals surface area contributed by atoms with E-state index < -0.39 is 35.9 Å². The molecule has 1 aromatic rings. The van der Waals surface area contributed by atoms with Crippen molar-refractivity contribution in [1.82, 2.24) is 9.55 Å². The molecule has 0 saturated carbocycles. The lowest BCUT2D eigenvalue weighted by atomic mass is 10.1. The third kappa shape index (κ3) is 2.36. The molecule has 0 spiro atoms. The number of nitrogens with two attached hydrogens (primary N) is 1. The van der Waals surface area contributed by atoms with E-state index in [0.717, 1.165) is 10.8 Å². The molecule has 2 rings (SSSR count). The first-order valence-electron chi connectivity index (χ1n) is 5.40. The van der Waals surface area contributed by atoms with E-state index >= 15 is 0 Å². The second kappa shape index (κ2) is 4.84. The first-order valence-corrected chi connectivity index (χ1v) is 5.40. The van der Waals surface area contributed by atoms with Gasteiger partial charge >= 0.3 is 5.69 Å². The summed E-state index contributed by atoms with van der Waals surface area (Å²) in [5.41, 5.74) is 11.4. The second-order valence-electron chi connectivity index (χ2n) is 4.07. The Morgan fingerprint density at radius 3 is 3.21 bits per heavy atom. The van der Waals surface area contributed by atoms with Crippen LogP contribution in [0.4, 0.5) is 10.2 Å². The Labute approximate surface area is 106 Å². The predicted molar refractivity (Wildman–Crippen MR) is 61.2 cm³/mol. The number of azide groups is 1. The van der Waals surface area contributed by atoms with Gasteiger partial charge in [0.05, 0.1) is 12.8 Å². The molecule has 0 radical (unpaired) electrons. The molecule has 1 saturated heterocycles. The van der Waals surface area contributed by atoms with Crippen LogP contribution < -0.4 is 11.4 Å². The first-order chi connectivity index (χ1) is 9.01. The monoisotopic (exact) mass is 270 g/mol. The summed E-state index contributed by atoms with van der Waals surface area (Å²) in [6, 6.07) is 0. The molecule has 9 nitrogen and oxygen atoms in total. The zero-order chi connectivity index (χ0) is 14.0. The predicted octanol–water partition coefficient (Wildman–Crippen LogP) is 0.273. The lowest BCUT2D eigenvalue weighted by Crippen LogP contribution is -2.33. The van der Waals surface area contributed by atoms with Crippen LogP contribution in [0, 0.1) is 5.82 Å². The number of nitrogens with zero attached hydrogens (tertiary/aromatic N) is 5. The van der Waals surface area contributed by atoms with Crippen LogP contribution in [0.3, 0.4) is 0 Å². The zero-order valence-corrected chi connectivity index (χ0v) is 9.73. The molecule has 2 atom stereocenters. The van der Waals surface area contributed by atoms with Crippen LogP contribution in [0.5, 0.6) is 0 Å².